The number of aromatic nitrogens is 1. The molecule has 1 saturated heterocycles. The Hall–Kier alpha value is -2.60. The number of carbonyl (C=O) groups is 1. The maximum atomic E-state index is 11.7. The topological polar surface area (TPSA) is 63.7 Å². The molecule has 0 radical (unpaired) electrons. The molecule has 2 aliphatic heterocycles. The van der Waals surface area contributed by atoms with Gasteiger partial charge in [0, 0.05) is 25.7 Å². The quantitative estimate of drug-likeness (QED) is 0.900. The zero-order valence-corrected chi connectivity index (χ0v) is 15.6. The highest BCUT2D eigenvalue weighted by Crippen LogP contribution is 2.34. The molecule has 3 heterocycles. The number of piperidine rings is 1. The van der Waals surface area contributed by atoms with E-state index in [1.807, 2.05) is 12.1 Å². The van der Waals surface area contributed by atoms with Gasteiger partial charge >= 0.3 is 0 Å². The van der Waals surface area contributed by atoms with Gasteiger partial charge < -0.3 is 14.8 Å². The highest BCUT2D eigenvalue weighted by Gasteiger charge is 2.25. The van der Waals surface area contributed by atoms with Crippen LogP contribution < -0.4 is 14.8 Å². The van der Waals surface area contributed by atoms with Crippen molar-refractivity contribution in [3.05, 3.63) is 53.7 Å². The van der Waals surface area contributed by atoms with Crippen LogP contribution in [-0.2, 0) is 11.3 Å². The second kappa shape index (κ2) is 7.96. The lowest BCUT2D eigenvalue weighted by molar-refractivity contribution is -0.125. The molecule has 6 heteroatoms. The number of hydrogen-bond acceptors (Lipinski definition) is 5. The molecule has 0 bridgehead atoms. The van der Waals surface area contributed by atoms with Crippen LogP contribution >= 0.6 is 0 Å². The summed E-state index contributed by atoms with van der Waals surface area (Å²) in [5.41, 5.74) is 2.36. The maximum absolute atomic E-state index is 11.7. The van der Waals surface area contributed by atoms with E-state index in [0.29, 0.717) is 18.2 Å². The van der Waals surface area contributed by atoms with Gasteiger partial charge in [-0.1, -0.05) is 24.3 Å². The van der Waals surface area contributed by atoms with E-state index < -0.39 is 0 Å². The van der Waals surface area contributed by atoms with Crippen molar-refractivity contribution in [3.63, 3.8) is 0 Å². The van der Waals surface area contributed by atoms with E-state index in [0.717, 1.165) is 38.0 Å². The number of amides is 1. The Labute approximate surface area is 159 Å². The number of pyridine rings is 1. The molecule has 27 heavy (non-hydrogen) atoms. The molecule has 4 rings (SSSR count). The zero-order chi connectivity index (χ0) is 18.6. The van der Waals surface area contributed by atoms with E-state index in [1.54, 1.807) is 13.2 Å². The molecule has 1 aromatic heterocycles. The molecule has 0 aliphatic carbocycles. The number of hydrogen-bond donors (Lipinski definition) is 1. The Morgan fingerprint density at radius 1 is 1.22 bits per heavy atom. The highest BCUT2D eigenvalue weighted by atomic mass is 16.6. The third kappa shape index (κ3) is 4.06. The van der Waals surface area contributed by atoms with Crippen molar-refractivity contribution in [2.24, 2.45) is 5.92 Å². The predicted octanol–water partition coefficient (Wildman–Crippen LogP) is 2.55. The highest BCUT2D eigenvalue weighted by molar-refractivity contribution is 5.78. The molecule has 2 aromatic rings. The molecule has 1 N–H and O–H groups in total. The fourth-order valence-corrected chi connectivity index (χ4v) is 3.73. The third-order valence-corrected chi connectivity index (χ3v) is 5.34. The van der Waals surface area contributed by atoms with Gasteiger partial charge in [-0.2, -0.15) is 0 Å². The summed E-state index contributed by atoms with van der Waals surface area (Å²) in [5, 5.41) is 2.76. The van der Waals surface area contributed by atoms with Crippen LogP contribution in [-0.4, -0.2) is 42.5 Å². The van der Waals surface area contributed by atoms with Gasteiger partial charge in [-0.15, -0.1) is 0 Å². The lowest BCUT2D eigenvalue weighted by atomic mass is 9.95. The summed E-state index contributed by atoms with van der Waals surface area (Å²) in [6.45, 7) is 3.32. The number of nitrogens with zero attached hydrogens (tertiary/aromatic N) is 2. The number of fused-ring (bicyclic) bond motifs is 1. The minimum atomic E-state index is -0.134. The minimum Gasteiger partial charge on any atom is -0.484 e. The molecule has 1 aromatic carbocycles. The fraction of sp³-hybridized carbons (Fsp3) is 0.429. The Morgan fingerprint density at radius 2 is 2.00 bits per heavy atom. The van der Waals surface area contributed by atoms with E-state index in [4.69, 9.17) is 9.47 Å². The summed E-state index contributed by atoms with van der Waals surface area (Å²) in [7, 11) is 1.71. The van der Waals surface area contributed by atoms with E-state index in [1.165, 1.54) is 5.56 Å². The van der Waals surface area contributed by atoms with Crippen LogP contribution in [0.2, 0.25) is 0 Å². The van der Waals surface area contributed by atoms with Crippen LogP contribution in [0.1, 0.15) is 30.1 Å². The van der Waals surface area contributed by atoms with E-state index in [-0.39, 0.29) is 17.9 Å². The summed E-state index contributed by atoms with van der Waals surface area (Å²) in [5.74, 6) is 1.58. The van der Waals surface area contributed by atoms with Gasteiger partial charge in [0.25, 0.3) is 5.88 Å². The average molecular weight is 367 g/mol. The maximum Gasteiger partial charge on any atom is 0.257 e. The van der Waals surface area contributed by atoms with Crippen molar-refractivity contribution in [2.45, 2.75) is 25.5 Å². The summed E-state index contributed by atoms with van der Waals surface area (Å²) in [4.78, 5) is 18.4. The van der Waals surface area contributed by atoms with Gasteiger partial charge in [0.15, 0.2) is 11.9 Å². The van der Waals surface area contributed by atoms with Gasteiger partial charge in [-0.25, -0.2) is 4.98 Å². The first-order chi connectivity index (χ1) is 13.2. The summed E-state index contributed by atoms with van der Waals surface area (Å²) >= 11 is 0. The van der Waals surface area contributed by atoms with E-state index in [9.17, 15) is 4.79 Å². The van der Waals surface area contributed by atoms with Crippen molar-refractivity contribution in [1.82, 2.24) is 15.2 Å². The first kappa shape index (κ1) is 17.8. The molecular weight excluding hydrogens is 342 g/mol. The molecule has 0 saturated carbocycles. The van der Waals surface area contributed by atoms with Gasteiger partial charge in [-0.05, 0) is 49.2 Å². The van der Waals surface area contributed by atoms with Crippen molar-refractivity contribution >= 4 is 5.91 Å². The van der Waals surface area contributed by atoms with Crippen LogP contribution in [0.4, 0.5) is 0 Å². The van der Waals surface area contributed by atoms with Crippen LogP contribution in [0.5, 0.6) is 11.6 Å². The third-order valence-electron chi connectivity index (χ3n) is 5.34. The summed E-state index contributed by atoms with van der Waals surface area (Å²) in [6, 6.07) is 12.2. The smallest absolute Gasteiger partial charge is 0.257 e. The summed E-state index contributed by atoms with van der Waals surface area (Å²) < 4.78 is 11.7. The van der Waals surface area contributed by atoms with Crippen molar-refractivity contribution < 1.29 is 14.3 Å². The molecule has 1 atom stereocenters. The lowest BCUT2D eigenvalue weighted by Gasteiger charge is -2.31. The Morgan fingerprint density at radius 3 is 2.74 bits per heavy atom. The van der Waals surface area contributed by atoms with Crippen LogP contribution in [0, 0.1) is 5.92 Å². The number of rotatable bonds is 4. The standard InChI is InChI=1S/C21H25N3O3/c1-22-20(25)17-8-11-24(12-9-17)13-15-4-6-16(7-5-15)19-14-26-18-3-2-10-23-21(18)27-19/h2-7,10,17,19H,8-9,11-14H2,1H3,(H,22,25). The minimum absolute atomic E-state index is 0.134. The molecule has 0 spiro atoms. The molecule has 1 amide bonds. The first-order valence-electron chi connectivity index (χ1n) is 9.50. The monoisotopic (exact) mass is 367 g/mol. The summed E-state index contributed by atoms with van der Waals surface area (Å²) in [6.07, 6.45) is 3.43. The normalized spacial score (nSPS) is 20.3. The molecule has 142 valence electrons. The van der Waals surface area contributed by atoms with E-state index >= 15 is 0 Å². The molecule has 6 nitrogen and oxygen atoms in total. The second-order valence-corrected chi connectivity index (χ2v) is 7.13. The molecular formula is C21H25N3O3. The van der Waals surface area contributed by atoms with Crippen molar-refractivity contribution in [2.75, 3.05) is 26.7 Å². The van der Waals surface area contributed by atoms with Crippen LogP contribution in [0.3, 0.4) is 0 Å². The molecule has 1 unspecified atom stereocenters. The van der Waals surface area contributed by atoms with Crippen LogP contribution in [0.15, 0.2) is 42.6 Å². The molecule has 1 fully saturated rings. The number of carbonyl (C=O) groups excluding carboxylic acids is 1. The van der Waals surface area contributed by atoms with Gasteiger partial charge in [0.1, 0.15) is 6.61 Å². The number of ether oxygens (including phenoxy) is 2. The molecule has 2 aliphatic rings. The SMILES string of the molecule is CNC(=O)C1CCN(Cc2ccc(C3COc4cccnc4O3)cc2)CC1. The van der Waals surface area contributed by atoms with E-state index in [2.05, 4.69) is 39.5 Å². The van der Waals surface area contributed by atoms with Crippen LogP contribution in [0.25, 0.3) is 0 Å². The van der Waals surface area contributed by atoms with Crippen molar-refractivity contribution in [1.29, 1.82) is 0 Å². The Bertz CT molecular complexity index is 786. The Balaban J connectivity index is 1.33. The van der Waals surface area contributed by atoms with Gasteiger partial charge in [0.2, 0.25) is 5.91 Å². The number of likely N-dealkylation sites (tertiary alicyclic amines) is 1. The van der Waals surface area contributed by atoms with Gasteiger partial charge in [-0.3, -0.25) is 9.69 Å². The van der Waals surface area contributed by atoms with Crippen molar-refractivity contribution in [3.8, 4) is 11.6 Å². The van der Waals surface area contributed by atoms with Gasteiger partial charge in [0.05, 0.1) is 0 Å². The Kier molecular flexibility index (Phi) is 5.25. The zero-order valence-electron chi connectivity index (χ0n) is 15.6. The average Bonchev–Trinajstić information content (AvgIpc) is 2.74. The largest absolute Gasteiger partial charge is 0.484 e. The second-order valence-electron chi connectivity index (χ2n) is 7.13. The lowest BCUT2D eigenvalue weighted by Crippen LogP contribution is -2.39. The first-order valence-corrected chi connectivity index (χ1v) is 9.50. The predicted molar refractivity (Wildman–Crippen MR) is 102 cm³/mol. The number of nitrogens with one attached hydrogen (secondary N) is 1. The number of benzene rings is 1. The fourth-order valence-electron chi connectivity index (χ4n) is 3.73.